The Kier molecular flexibility index (Phi) is 4.11. The first-order valence-electron chi connectivity index (χ1n) is 5.55. The van der Waals surface area contributed by atoms with Gasteiger partial charge in [-0.3, -0.25) is 4.79 Å². The summed E-state index contributed by atoms with van der Waals surface area (Å²) in [5.41, 5.74) is 1.94. The van der Waals surface area contributed by atoms with E-state index in [1.54, 1.807) is 12.1 Å². The van der Waals surface area contributed by atoms with E-state index < -0.39 is 0 Å². The van der Waals surface area contributed by atoms with Gasteiger partial charge in [-0.05, 0) is 36.8 Å². The Morgan fingerprint density at radius 3 is 2.63 bits per heavy atom. The quantitative estimate of drug-likeness (QED) is 0.944. The summed E-state index contributed by atoms with van der Waals surface area (Å²) in [6, 6.07) is 8.78. The van der Waals surface area contributed by atoms with Gasteiger partial charge in [0.1, 0.15) is 0 Å². The Balaban J connectivity index is 2.15. The number of rotatable bonds is 3. The Bertz CT molecular complexity index is 599. The van der Waals surface area contributed by atoms with Gasteiger partial charge in [-0.25, -0.2) is 0 Å². The van der Waals surface area contributed by atoms with Crippen molar-refractivity contribution in [3.8, 4) is 5.88 Å². The number of nitrogens with one attached hydrogen (secondary N) is 1. The average Bonchev–Trinajstić information content (AvgIpc) is 2.42. The number of benzene rings is 1. The Labute approximate surface area is 119 Å². The van der Waals surface area contributed by atoms with Gasteiger partial charge in [0.15, 0.2) is 5.69 Å². The van der Waals surface area contributed by atoms with Crippen molar-refractivity contribution >= 4 is 27.5 Å². The van der Waals surface area contributed by atoms with E-state index in [1.807, 2.05) is 25.1 Å². The predicted molar refractivity (Wildman–Crippen MR) is 75.4 cm³/mol. The van der Waals surface area contributed by atoms with E-state index in [9.17, 15) is 4.79 Å². The molecule has 1 N–H and O–H groups in total. The summed E-state index contributed by atoms with van der Waals surface area (Å²) in [7, 11) is 1.49. The van der Waals surface area contributed by atoms with E-state index in [0.717, 1.165) is 15.7 Å². The number of ether oxygens (including phenoxy) is 1. The molecule has 0 saturated heterocycles. The van der Waals surface area contributed by atoms with Gasteiger partial charge in [-0.2, -0.15) is 0 Å². The largest absolute Gasteiger partial charge is 0.480 e. The predicted octanol–water partition coefficient (Wildman–Crippen LogP) is 2.81. The summed E-state index contributed by atoms with van der Waals surface area (Å²) in [5.74, 6) is 0.0666. The van der Waals surface area contributed by atoms with Crippen LogP contribution in [-0.2, 0) is 0 Å². The molecule has 1 aromatic carbocycles. The van der Waals surface area contributed by atoms with E-state index in [1.165, 1.54) is 7.11 Å². The number of carbonyl (C=O) groups excluding carboxylic acids is 1. The van der Waals surface area contributed by atoms with Gasteiger partial charge < -0.3 is 10.1 Å². The van der Waals surface area contributed by atoms with Crippen LogP contribution in [0.5, 0.6) is 5.88 Å². The van der Waals surface area contributed by atoms with Crippen LogP contribution < -0.4 is 10.1 Å². The van der Waals surface area contributed by atoms with Crippen molar-refractivity contribution in [3.63, 3.8) is 0 Å². The third-order valence-electron chi connectivity index (χ3n) is 2.52. The van der Waals surface area contributed by atoms with Crippen LogP contribution in [0.3, 0.4) is 0 Å². The van der Waals surface area contributed by atoms with Crippen LogP contribution in [0, 0.1) is 6.92 Å². The highest BCUT2D eigenvalue weighted by atomic mass is 79.9. The molecule has 0 spiro atoms. The molecule has 0 aliphatic rings. The molecule has 0 radical (unpaired) electrons. The minimum atomic E-state index is -0.305. The number of carbonyl (C=O) groups is 1. The van der Waals surface area contributed by atoms with Crippen molar-refractivity contribution in [1.82, 2.24) is 10.2 Å². The Hall–Kier alpha value is -1.95. The highest BCUT2D eigenvalue weighted by Gasteiger charge is 2.10. The summed E-state index contributed by atoms with van der Waals surface area (Å²) in [6.45, 7) is 1.92. The SMILES string of the molecule is COc1ccc(C(=O)Nc2ccc(Br)cc2C)nn1. The molecule has 2 aromatic rings. The van der Waals surface area contributed by atoms with Crippen LogP contribution in [0.4, 0.5) is 5.69 Å². The molecular weight excluding hydrogens is 310 g/mol. The standard InChI is InChI=1S/C13H12BrN3O2/c1-8-7-9(14)3-4-10(8)15-13(18)11-5-6-12(19-2)17-16-11/h3-7H,1-2H3,(H,15,18). The van der Waals surface area contributed by atoms with E-state index >= 15 is 0 Å². The van der Waals surface area contributed by atoms with Gasteiger partial charge in [-0.15, -0.1) is 10.2 Å². The molecule has 98 valence electrons. The van der Waals surface area contributed by atoms with Crippen LogP contribution in [-0.4, -0.2) is 23.2 Å². The van der Waals surface area contributed by atoms with Crippen LogP contribution in [0.1, 0.15) is 16.1 Å². The number of nitrogens with zero attached hydrogens (tertiary/aromatic N) is 2. The fourth-order valence-corrected chi connectivity index (χ4v) is 1.98. The van der Waals surface area contributed by atoms with Gasteiger partial charge in [0.2, 0.25) is 5.88 Å². The molecule has 0 atom stereocenters. The zero-order chi connectivity index (χ0) is 13.8. The van der Waals surface area contributed by atoms with Crippen molar-refractivity contribution < 1.29 is 9.53 Å². The number of aryl methyl sites for hydroxylation is 1. The van der Waals surface area contributed by atoms with Crippen molar-refractivity contribution in [1.29, 1.82) is 0 Å². The molecule has 0 unspecified atom stereocenters. The lowest BCUT2D eigenvalue weighted by atomic mass is 10.2. The average molecular weight is 322 g/mol. The molecule has 5 nitrogen and oxygen atoms in total. The van der Waals surface area contributed by atoms with Crippen LogP contribution in [0.2, 0.25) is 0 Å². The third kappa shape index (κ3) is 3.29. The maximum Gasteiger partial charge on any atom is 0.276 e. The minimum absolute atomic E-state index is 0.239. The lowest BCUT2D eigenvalue weighted by molar-refractivity contribution is 0.102. The molecule has 2 rings (SSSR count). The fraction of sp³-hybridized carbons (Fsp3) is 0.154. The maximum absolute atomic E-state index is 12.0. The van der Waals surface area contributed by atoms with Gasteiger partial charge in [0.05, 0.1) is 7.11 Å². The topological polar surface area (TPSA) is 64.1 Å². The van der Waals surface area contributed by atoms with Gasteiger partial charge in [0.25, 0.3) is 5.91 Å². The molecule has 19 heavy (non-hydrogen) atoms. The first-order valence-corrected chi connectivity index (χ1v) is 6.34. The molecule has 0 bridgehead atoms. The molecule has 0 fully saturated rings. The zero-order valence-corrected chi connectivity index (χ0v) is 12.1. The lowest BCUT2D eigenvalue weighted by Crippen LogP contribution is -2.15. The summed E-state index contributed by atoms with van der Waals surface area (Å²) in [4.78, 5) is 12.0. The molecule has 6 heteroatoms. The molecule has 0 saturated carbocycles. The summed E-state index contributed by atoms with van der Waals surface area (Å²) in [6.07, 6.45) is 0. The molecular formula is C13H12BrN3O2. The summed E-state index contributed by atoms with van der Waals surface area (Å²) >= 11 is 3.37. The van der Waals surface area contributed by atoms with Crippen molar-refractivity contribution in [2.75, 3.05) is 12.4 Å². The maximum atomic E-state index is 12.0. The minimum Gasteiger partial charge on any atom is -0.480 e. The molecule has 1 heterocycles. The van der Waals surface area contributed by atoms with E-state index in [4.69, 9.17) is 4.74 Å². The highest BCUT2D eigenvalue weighted by molar-refractivity contribution is 9.10. The lowest BCUT2D eigenvalue weighted by Gasteiger charge is -2.08. The smallest absolute Gasteiger partial charge is 0.276 e. The number of amides is 1. The number of anilines is 1. The van der Waals surface area contributed by atoms with Gasteiger partial charge in [-0.1, -0.05) is 15.9 Å². The second-order valence-electron chi connectivity index (χ2n) is 3.87. The number of hydrogen-bond acceptors (Lipinski definition) is 4. The normalized spacial score (nSPS) is 10.1. The van der Waals surface area contributed by atoms with E-state index in [0.29, 0.717) is 5.88 Å². The van der Waals surface area contributed by atoms with Crippen molar-refractivity contribution in [2.24, 2.45) is 0 Å². The molecule has 0 aliphatic carbocycles. The zero-order valence-electron chi connectivity index (χ0n) is 10.5. The highest BCUT2D eigenvalue weighted by Crippen LogP contribution is 2.20. The second kappa shape index (κ2) is 5.79. The van der Waals surface area contributed by atoms with Crippen molar-refractivity contribution in [3.05, 3.63) is 46.1 Å². The first-order chi connectivity index (χ1) is 9.10. The monoisotopic (exact) mass is 321 g/mol. The van der Waals surface area contributed by atoms with Crippen LogP contribution in [0.25, 0.3) is 0 Å². The second-order valence-corrected chi connectivity index (χ2v) is 4.79. The summed E-state index contributed by atoms with van der Waals surface area (Å²) < 4.78 is 5.85. The number of methoxy groups -OCH3 is 1. The third-order valence-corrected chi connectivity index (χ3v) is 3.01. The van der Waals surface area contributed by atoms with Gasteiger partial charge in [0, 0.05) is 16.2 Å². The Morgan fingerprint density at radius 1 is 1.26 bits per heavy atom. The number of aromatic nitrogens is 2. The molecule has 1 amide bonds. The summed E-state index contributed by atoms with van der Waals surface area (Å²) in [5, 5.41) is 10.3. The fourth-order valence-electron chi connectivity index (χ4n) is 1.50. The van der Waals surface area contributed by atoms with Crippen molar-refractivity contribution in [2.45, 2.75) is 6.92 Å². The van der Waals surface area contributed by atoms with Crippen LogP contribution in [0.15, 0.2) is 34.8 Å². The number of hydrogen-bond donors (Lipinski definition) is 1. The number of halogens is 1. The van der Waals surface area contributed by atoms with E-state index in [2.05, 4.69) is 31.4 Å². The van der Waals surface area contributed by atoms with E-state index in [-0.39, 0.29) is 11.6 Å². The van der Waals surface area contributed by atoms with Crippen LogP contribution >= 0.6 is 15.9 Å². The Morgan fingerprint density at radius 2 is 2.05 bits per heavy atom. The molecule has 0 aliphatic heterocycles. The van der Waals surface area contributed by atoms with Gasteiger partial charge >= 0.3 is 0 Å². The molecule has 1 aromatic heterocycles. The first kappa shape index (κ1) is 13.5.